The van der Waals surface area contributed by atoms with Crippen LogP contribution in [0.15, 0.2) is 18.2 Å². The Morgan fingerprint density at radius 3 is 2.53 bits per heavy atom. The van der Waals surface area contributed by atoms with E-state index in [1.165, 1.54) is 6.07 Å². The monoisotopic (exact) mass is 265 g/mol. The molecule has 0 aliphatic rings. The minimum atomic E-state index is -1.000. The number of carboxylic acids is 1. The fourth-order valence-electron chi connectivity index (χ4n) is 2.05. The number of anilines is 2. The molecular weight excluding hydrogens is 242 g/mol. The third kappa shape index (κ3) is 4.44. The Morgan fingerprint density at radius 2 is 2.05 bits per heavy atom. The smallest absolute Gasteiger partial charge is 0.337 e. The molecule has 0 aliphatic heterocycles. The molecule has 0 fully saturated rings. The molecule has 0 bridgehead atoms. The summed E-state index contributed by atoms with van der Waals surface area (Å²) in [6, 6.07) is 5.22. The van der Waals surface area contributed by atoms with Crippen molar-refractivity contribution in [3.8, 4) is 0 Å². The predicted octanol–water partition coefficient (Wildman–Crippen LogP) is 2.11. The van der Waals surface area contributed by atoms with Gasteiger partial charge in [-0.05, 0) is 38.2 Å². The molecule has 0 radical (unpaired) electrons. The van der Waals surface area contributed by atoms with Gasteiger partial charge in [0, 0.05) is 24.0 Å². The Labute approximate surface area is 114 Å². The summed E-state index contributed by atoms with van der Waals surface area (Å²) in [5.74, 6) is -1.000. The van der Waals surface area contributed by atoms with Crippen molar-refractivity contribution in [2.24, 2.45) is 0 Å². The van der Waals surface area contributed by atoms with Crippen LogP contribution in [0.5, 0.6) is 0 Å². The van der Waals surface area contributed by atoms with Crippen molar-refractivity contribution < 1.29 is 9.90 Å². The summed E-state index contributed by atoms with van der Waals surface area (Å²) in [5.41, 5.74) is 7.00. The number of rotatable bonds is 7. The third-order valence-electron chi connectivity index (χ3n) is 3.12. The van der Waals surface area contributed by atoms with Crippen molar-refractivity contribution >= 4 is 17.3 Å². The minimum absolute atomic E-state index is 0.141. The zero-order valence-electron chi connectivity index (χ0n) is 11.8. The van der Waals surface area contributed by atoms with E-state index in [9.17, 15) is 4.79 Å². The molecule has 1 aromatic rings. The maximum absolute atomic E-state index is 10.9. The number of aromatic carboxylic acids is 1. The molecule has 1 unspecified atom stereocenters. The zero-order chi connectivity index (χ0) is 14.4. The van der Waals surface area contributed by atoms with Gasteiger partial charge < -0.3 is 21.1 Å². The summed E-state index contributed by atoms with van der Waals surface area (Å²) in [4.78, 5) is 13.2. The molecule has 4 N–H and O–H groups in total. The van der Waals surface area contributed by atoms with Crippen LogP contribution in [0.4, 0.5) is 11.4 Å². The molecule has 0 amide bonds. The van der Waals surface area contributed by atoms with Gasteiger partial charge in [-0.15, -0.1) is 0 Å². The Kier molecular flexibility index (Phi) is 5.63. The zero-order valence-corrected chi connectivity index (χ0v) is 11.8. The van der Waals surface area contributed by atoms with E-state index in [4.69, 9.17) is 10.8 Å². The van der Waals surface area contributed by atoms with Gasteiger partial charge in [-0.1, -0.05) is 13.8 Å². The van der Waals surface area contributed by atoms with Crippen LogP contribution in [0.25, 0.3) is 0 Å². The van der Waals surface area contributed by atoms with Gasteiger partial charge in [0.2, 0.25) is 0 Å². The lowest BCUT2D eigenvalue weighted by molar-refractivity contribution is 0.0698. The first-order valence-corrected chi connectivity index (χ1v) is 6.59. The minimum Gasteiger partial charge on any atom is -0.478 e. The number of benzene rings is 1. The first kappa shape index (κ1) is 15.3. The fourth-order valence-corrected chi connectivity index (χ4v) is 2.05. The fraction of sp³-hybridized carbons (Fsp3) is 0.500. The van der Waals surface area contributed by atoms with E-state index in [1.807, 2.05) is 0 Å². The van der Waals surface area contributed by atoms with Gasteiger partial charge >= 0.3 is 5.97 Å². The van der Waals surface area contributed by atoms with Gasteiger partial charge in [-0.2, -0.15) is 0 Å². The molecule has 0 heterocycles. The molecule has 106 valence electrons. The number of nitrogen functional groups attached to an aromatic ring is 1. The molecule has 0 aromatic heterocycles. The molecule has 1 rings (SSSR count). The number of likely N-dealkylation sites (N-methyl/N-ethyl adjacent to an activating group) is 1. The first-order chi connectivity index (χ1) is 8.97. The van der Waals surface area contributed by atoms with E-state index in [1.54, 1.807) is 12.1 Å². The SMILES string of the molecule is CCN(CC)CC(C)Nc1ccc(C(=O)O)c(N)c1. The molecule has 1 aromatic carbocycles. The van der Waals surface area contributed by atoms with Gasteiger partial charge in [0.05, 0.1) is 5.56 Å². The summed E-state index contributed by atoms with van der Waals surface area (Å²) in [7, 11) is 0. The number of nitrogens with one attached hydrogen (secondary N) is 1. The van der Waals surface area contributed by atoms with E-state index in [0.717, 1.165) is 25.3 Å². The van der Waals surface area contributed by atoms with E-state index in [0.29, 0.717) is 0 Å². The summed E-state index contributed by atoms with van der Waals surface area (Å²) in [5, 5.41) is 12.2. The number of hydrogen-bond donors (Lipinski definition) is 3. The quantitative estimate of drug-likeness (QED) is 0.658. The van der Waals surface area contributed by atoms with E-state index < -0.39 is 5.97 Å². The maximum atomic E-state index is 10.9. The molecule has 19 heavy (non-hydrogen) atoms. The molecule has 5 heteroatoms. The van der Waals surface area contributed by atoms with Crippen molar-refractivity contribution in [3.05, 3.63) is 23.8 Å². The van der Waals surface area contributed by atoms with Crippen LogP contribution in [0, 0.1) is 0 Å². The van der Waals surface area contributed by atoms with E-state index in [-0.39, 0.29) is 17.3 Å². The highest BCUT2D eigenvalue weighted by Crippen LogP contribution is 2.18. The Hall–Kier alpha value is -1.75. The van der Waals surface area contributed by atoms with Crippen molar-refractivity contribution in [2.45, 2.75) is 26.8 Å². The molecule has 0 spiro atoms. The van der Waals surface area contributed by atoms with Gasteiger partial charge in [0.15, 0.2) is 0 Å². The van der Waals surface area contributed by atoms with Crippen LogP contribution < -0.4 is 11.1 Å². The summed E-state index contributed by atoms with van der Waals surface area (Å²) in [6.45, 7) is 9.34. The predicted molar refractivity (Wildman–Crippen MR) is 78.7 cm³/mol. The standard InChI is InChI=1S/C14H23N3O2/c1-4-17(5-2)9-10(3)16-11-6-7-12(14(18)19)13(15)8-11/h6-8,10,16H,4-5,9,15H2,1-3H3,(H,18,19). The summed E-state index contributed by atoms with van der Waals surface area (Å²) >= 11 is 0. The highest BCUT2D eigenvalue weighted by Gasteiger charge is 2.10. The molecular formula is C14H23N3O2. The average molecular weight is 265 g/mol. The second-order valence-corrected chi connectivity index (χ2v) is 4.64. The van der Waals surface area contributed by atoms with E-state index >= 15 is 0 Å². The number of nitrogens with two attached hydrogens (primary N) is 1. The number of nitrogens with zero attached hydrogens (tertiary/aromatic N) is 1. The third-order valence-corrected chi connectivity index (χ3v) is 3.12. The maximum Gasteiger partial charge on any atom is 0.337 e. The number of carbonyl (C=O) groups is 1. The Morgan fingerprint density at radius 1 is 1.42 bits per heavy atom. The molecule has 1 atom stereocenters. The van der Waals surface area contributed by atoms with Crippen molar-refractivity contribution in [1.82, 2.24) is 4.90 Å². The molecule has 0 saturated heterocycles. The van der Waals surface area contributed by atoms with E-state index in [2.05, 4.69) is 31.0 Å². The van der Waals surface area contributed by atoms with Crippen LogP contribution >= 0.6 is 0 Å². The molecule has 0 aliphatic carbocycles. The summed E-state index contributed by atoms with van der Waals surface area (Å²) < 4.78 is 0. The van der Waals surface area contributed by atoms with Gasteiger partial charge in [0.25, 0.3) is 0 Å². The highest BCUT2D eigenvalue weighted by molar-refractivity contribution is 5.94. The van der Waals surface area contributed by atoms with Crippen LogP contribution in [0.3, 0.4) is 0 Å². The second-order valence-electron chi connectivity index (χ2n) is 4.64. The Bertz CT molecular complexity index is 431. The molecule has 0 saturated carbocycles. The average Bonchev–Trinajstić information content (AvgIpc) is 2.35. The van der Waals surface area contributed by atoms with Crippen LogP contribution in [0.2, 0.25) is 0 Å². The van der Waals surface area contributed by atoms with Gasteiger partial charge in [-0.3, -0.25) is 0 Å². The lowest BCUT2D eigenvalue weighted by atomic mass is 10.1. The largest absolute Gasteiger partial charge is 0.478 e. The van der Waals surface area contributed by atoms with Gasteiger partial charge in [0.1, 0.15) is 0 Å². The normalized spacial score (nSPS) is 12.4. The van der Waals surface area contributed by atoms with Crippen molar-refractivity contribution in [2.75, 3.05) is 30.7 Å². The van der Waals surface area contributed by atoms with Crippen LogP contribution in [0.1, 0.15) is 31.1 Å². The lowest BCUT2D eigenvalue weighted by Gasteiger charge is -2.24. The lowest BCUT2D eigenvalue weighted by Crippen LogP contribution is -2.34. The topological polar surface area (TPSA) is 78.6 Å². The second kappa shape index (κ2) is 6.99. The highest BCUT2D eigenvalue weighted by atomic mass is 16.4. The van der Waals surface area contributed by atoms with Crippen LogP contribution in [-0.4, -0.2) is 41.7 Å². The molecule has 5 nitrogen and oxygen atoms in total. The first-order valence-electron chi connectivity index (χ1n) is 6.59. The van der Waals surface area contributed by atoms with Crippen molar-refractivity contribution in [1.29, 1.82) is 0 Å². The number of hydrogen-bond acceptors (Lipinski definition) is 4. The Balaban J connectivity index is 2.67. The van der Waals surface area contributed by atoms with Crippen LogP contribution in [-0.2, 0) is 0 Å². The summed E-state index contributed by atoms with van der Waals surface area (Å²) in [6.07, 6.45) is 0. The van der Waals surface area contributed by atoms with Gasteiger partial charge in [-0.25, -0.2) is 4.79 Å². The van der Waals surface area contributed by atoms with Crippen molar-refractivity contribution in [3.63, 3.8) is 0 Å². The number of carboxylic acid groups (broad SMARTS) is 1.